The lowest BCUT2D eigenvalue weighted by atomic mass is 9.82. The summed E-state index contributed by atoms with van der Waals surface area (Å²) in [6, 6.07) is 0. The van der Waals surface area contributed by atoms with Gasteiger partial charge in [0.2, 0.25) is 0 Å². The van der Waals surface area contributed by atoms with E-state index in [1.54, 1.807) is 14.2 Å². The summed E-state index contributed by atoms with van der Waals surface area (Å²) >= 11 is 0. The molecule has 0 aromatic rings. The molecule has 19 heavy (non-hydrogen) atoms. The average Bonchev–Trinajstić information content (AvgIpc) is 2.42. The Morgan fingerprint density at radius 1 is 0.842 bits per heavy atom. The van der Waals surface area contributed by atoms with Crippen LogP contribution in [-0.2, 0) is 28.4 Å². The van der Waals surface area contributed by atoms with E-state index in [1.807, 2.05) is 0 Å². The maximum Gasteiger partial charge on any atom is 0.272 e. The SMILES string of the molecule is CCCCOC1C2OC3OC(C2OC)C(OC)C1O3. The highest BCUT2D eigenvalue weighted by Crippen LogP contribution is 2.43. The Morgan fingerprint density at radius 2 is 1.37 bits per heavy atom. The van der Waals surface area contributed by atoms with Gasteiger partial charge in [0.05, 0.1) is 0 Å². The number of rotatable bonds is 6. The molecule has 1 aliphatic carbocycles. The Balaban J connectivity index is 1.76. The molecule has 1 saturated carbocycles. The zero-order valence-electron chi connectivity index (χ0n) is 11.6. The van der Waals surface area contributed by atoms with Gasteiger partial charge in [-0.15, -0.1) is 0 Å². The second-order valence-corrected chi connectivity index (χ2v) is 5.18. The maximum atomic E-state index is 5.96. The first-order valence-corrected chi connectivity index (χ1v) is 6.93. The van der Waals surface area contributed by atoms with E-state index in [4.69, 9.17) is 28.4 Å². The predicted molar refractivity (Wildman–Crippen MR) is 64.6 cm³/mol. The van der Waals surface area contributed by atoms with Crippen LogP contribution >= 0.6 is 0 Å². The van der Waals surface area contributed by atoms with Crippen LogP contribution in [0.3, 0.4) is 0 Å². The van der Waals surface area contributed by atoms with Gasteiger partial charge in [-0.05, 0) is 6.42 Å². The fourth-order valence-electron chi connectivity index (χ4n) is 3.16. The molecule has 4 unspecified atom stereocenters. The summed E-state index contributed by atoms with van der Waals surface area (Å²) < 4.78 is 34.1. The van der Waals surface area contributed by atoms with E-state index in [0.717, 1.165) is 12.8 Å². The average molecular weight is 274 g/mol. The Morgan fingerprint density at radius 3 is 1.84 bits per heavy atom. The van der Waals surface area contributed by atoms with Crippen LogP contribution in [0.5, 0.6) is 0 Å². The standard InChI is InChI=1S/C13H22O6/c1-4-5-6-16-9-11-7(14-2)10-8(15-3)12(9)19-13(17-10)18-11/h7-13H,4-6H2,1-3H3. The van der Waals surface area contributed by atoms with Crippen LogP contribution in [0.4, 0.5) is 0 Å². The highest BCUT2D eigenvalue weighted by molar-refractivity contribution is 5.07. The molecular formula is C13H22O6. The first-order valence-electron chi connectivity index (χ1n) is 6.93. The Bertz CT molecular complexity index is 290. The molecule has 3 saturated heterocycles. The van der Waals surface area contributed by atoms with Crippen molar-refractivity contribution in [2.24, 2.45) is 0 Å². The number of ether oxygens (including phenoxy) is 6. The van der Waals surface area contributed by atoms with Crippen LogP contribution in [0.25, 0.3) is 0 Å². The summed E-state index contributed by atoms with van der Waals surface area (Å²) in [6.07, 6.45) is 1.18. The van der Waals surface area contributed by atoms with E-state index in [-0.39, 0.29) is 36.6 Å². The lowest BCUT2D eigenvalue weighted by Gasteiger charge is -2.58. The molecule has 4 rings (SSSR count). The van der Waals surface area contributed by atoms with Gasteiger partial charge in [-0.3, -0.25) is 0 Å². The second kappa shape index (κ2) is 5.63. The van der Waals surface area contributed by atoms with Crippen molar-refractivity contribution in [2.75, 3.05) is 20.8 Å². The highest BCUT2D eigenvalue weighted by atomic mass is 16.9. The van der Waals surface area contributed by atoms with Gasteiger partial charge in [0.15, 0.2) is 0 Å². The first-order chi connectivity index (χ1) is 9.30. The molecule has 0 spiro atoms. The number of methoxy groups -OCH3 is 2. The lowest BCUT2D eigenvalue weighted by molar-refractivity contribution is -0.486. The molecular weight excluding hydrogens is 252 g/mol. The van der Waals surface area contributed by atoms with Gasteiger partial charge in [-0.1, -0.05) is 13.3 Å². The fraction of sp³-hybridized carbons (Fsp3) is 1.00. The van der Waals surface area contributed by atoms with Gasteiger partial charge in [-0.25, -0.2) is 0 Å². The third-order valence-electron chi connectivity index (χ3n) is 4.10. The van der Waals surface area contributed by atoms with Crippen molar-refractivity contribution in [3.8, 4) is 0 Å². The number of hydrogen-bond acceptors (Lipinski definition) is 6. The molecule has 0 aromatic heterocycles. The van der Waals surface area contributed by atoms with Crippen molar-refractivity contribution < 1.29 is 28.4 Å². The summed E-state index contributed by atoms with van der Waals surface area (Å²) in [5.41, 5.74) is 0. The van der Waals surface area contributed by atoms with Gasteiger partial charge in [0, 0.05) is 20.8 Å². The van der Waals surface area contributed by atoms with Gasteiger partial charge in [-0.2, -0.15) is 0 Å². The smallest absolute Gasteiger partial charge is 0.272 e. The Labute approximate surface area is 113 Å². The molecule has 3 aliphatic heterocycles. The molecule has 6 heteroatoms. The second-order valence-electron chi connectivity index (χ2n) is 5.18. The first kappa shape index (κ1) is 13.7. The molecule has 4 bridgehead atoms. The molecule has 0 amide bonds. The van der Waals surface area contributed by atoms with Crippen molar-refractivity contribution in [3.63, 3.8) is 0 Å². The summed E-state index contributed by atoms with van der Waals surface area (Å²) in [5, 5.41) is 0. The number of hydrogen-bond donors (Lipinski definition) is 0. The van der Waals surface area contributed by atoms with E-state index in [0.29, 0.717) is 6.61 Å². The molecule has 4 atom stereocenters. The van der Waals surface area contributed by atoms with Crippen molar-refractivity contribution in [1.29, 1.82) is 0 Å². The van der Waals surface area contributed by atoms with E-state index in [9.17, 15) is 0 Å². The van der Waals surface area contributed by atoms with E-state index in [2.05, 4.69) is 6.92 Å². The van der Waals surface area contributed by atoms with Crippen molar-refractivity contribution >= 4 is 0 Å². The van der Waals surface area contributed by atoms with Gasteiger partial charge in [0.25, 0.3) is 6.48 Å². The van der Waals surface area contributed by atoms with Crippen LogP contribution in [0.15, 0.2) is 0 Å². The van der Waals surface area contributed by atoms with Gasteiger partial charge in [0.1, 0.15) is 36.6 Å². The quantitative estimate of drug-likeness (QED) is 0.664. The Hall–Kier alpha value is -0.240. The van der Waals surface area contributed by atoms with Crippen molar-refractivity contribution in [3.05, 3.63) is 0 Å². The lowest BCUT2D eigenvalue weighted by Crippen LogP contribution is -2.76. The van der Waals surface area contributed by atoms with Crippen LogP contribution in [0.2, 0.25) is 0 Å². The molecule has 0 radical (unpaired) electrons. The maximum absolute atomic E-state index is 5.96. The normalized spacial score (nSPS) is 47.8. The highest BCUT2D eigenvalue weighted by Gasteiger charge is 2.63. The Kier molecular flexibility index (Phi) is 4.07. The van der Waals surface area contributed by atoms with E-state index in [1.165, 1.54) is 0 Å². The monoisotopic (exact) mass is 274 g/mol. The zero-order valence-corrected chi connectivity index (χ0v) is 11.6. The van der Waals surface area contributed by atoms with Crippen molar-refractivity contribution in [1.82, 2.24) is 0 Å². The summed E-state index contributed by atoms with van der Waals surface area (Å²) in [4.78, 5) is 0. The third kappa shape index (κ3) is 2.20. The van der Waals surface area contributed by atoms with E-state index < -0.39 is 6.48 Å². The summed E-state index contributed by atoms with van der Waals surface area (Å²) in [5.74, 6) is 0. The minimum atomic E-state index is -0.608. The third-order valence-corrected chi connectivity index (χ3v) is 4.10. The molecule has 110 valence electrons. The van der Waals surface area contributed by atoms with Gasteiger partial charge < -0.3 is 28.4 Å². The summed E-state index contributed by atoms with van der Waals surface area (Å²) in [6.45, 7) is 2.23. The van der Waals surface area contributed by atoms with Crippen LogP contribution < -0.4 is 0 Å². The van der Waals surface area contributed by atoms with Crippen molar-refractivity contribution in [2.45, 2.75) is 62.9 Å². The zero-order chi connectivity index (χ0) is 13.4. The van der Waals surface area contributed by atoms with Gasteiger partial charge >= 0.3 is 0 Å². The predicted octanol–water partition coefficient (Wildman–Crippen LogP) is 0.682. The largest absolute Gasteiger partial charge is 0.376 e. The molecule has 6 nitrogen and oxygen atoms in total. The molecule has 4 aliphatic rings. The fourth-order valence-corrected chi connectivity index (χ4v) is 3.16. The molecule has 0 N–H and O–H groups in total. The summed E-state index contributed by atoms with van der Waals surface area (Å²) in [7, 11) is 3.33. The minimum Gasteiger partial charge on any atom is -0.376 e. The van der Waals surface area contributed by atoms with Crippen LogP contribution in [0.1, 0.15) is 19.8 Å². The van der Waals surface area contributed by atoms with E-state index >= 15 is 0 Å². The molecule has 0 aromatic carbocycles. The van der Waals surface area contributed by atoms with Crippen LogP contribution in [0, 0.1) is 0 Å². The number of unbranched alkanes of at least 4 members (excludes halogenated alkanes) is 1. The topological polar surface area (TPSA) is 55.4 Å². The molecule has 3 heterocycles. The van der Waals surface area contributed by atoms with Crippen LogP contribution in [-0.4, -0.2) is 63.9 Å². The molecule has 4 fully saturated rings. The minimum absolute atomic E-state index is 0.143.